The topological polar surface area (TPSA) is 50.6 Å². The summed E-state index contributed by atoms with van der Waals surface area (Å²) in [6.45, 7) is 11.2. The third-order valence-electron chi connectivity index (χ3n) is 3.07. The van der Waals surface area contributed by atoms with Gasteiger partial charge in [-0.05, 0) is 39.9 Å². The first-order chi connectivity index (χ1) is 9.74. The molecule has 1 amide bonds. The van der Waals surface area contributed by atoms with E-state index in [1.54, 1.807) is 4.90 Å². The van der Waals surface area contributed by atoms with Crippen LogP contribution >= 0.6 is 23.6 Å². The lowest BCUT2D eigenvalue weighted by Crippen LogP contribution is -2.50. The fraction of sp³-hybridized carbons (Fsp3) is 0.769. The molecule has 0 aliphatic carbocycles. The van der Waals surface area contributed by atoms with E-state index < -0.39 is 5.60 Å². The Bertz CT molecular complexity index is 553. The van der Waals surface area contributed by atoms with Gasteiger partial charge in [0.2, 0.25) is 0 Å². The number of aromatic nitrogens is 2. The first-order valence-corrected chi connectivity index (χ1v) is 8.22. The van der Waals surface area contributed by atoms with E-state index in [-0.39, 0.29) is 6.09 Å². The highest BCUT2D eigenvalue weighted by atomic mass is 32.1. The summed E-state index contributed by atoms with van der Waals surface area (Å²) in [7, 11) is 0. The van der Waals surface area contributed by atoms with E-state index in [0.29, 0.717) is 19.8 Å². The molecule has 1 aliphatic heterocycles. The minimum atomic E-state index is -0.445. The lowest BCUT2D eigenvalue weighted by atomic mass is 10.2. The Hall–Kier alpha value is -0.990. The molecule has 1 aliphatic rings. The molecule has 2 rings (SSSR count). The molecule has 0 saturated carbocycles. The Kier molecular flexibility index (Phi) is 5.00. The summed E-state index contributed by atoms with van der Waals surface area (Å²) in [5, 5.41) is 5.37. The maximum Gasteiger partial charge on any atom is 0.410 e. The zero-order chi connectivity index (χ0) is 15.6. The Morgan fingerprint density at radius 1 is 1.33 bits per heavy atom. The summed E-state index contributed by atoms with van der Waals surface area (Å²) in [4.78, 5) is 16.0. The van der Waals surface area contributed by atoms with Crippen molar-refractivity contribution in [2.24, 2.45) is 0 Å². The van der Waals surface area contributed by atoms with Gasteiger partial charge in [0, 0.05) is 26.2 Å². The van der Waals surface area contributed by atoms with Gasteiger partial charge in [0.1, 0.15) is 10.6 Å². The molecule has 0 spiro atoms. The maximum absolute atomic E-state index is 12.0. The Morgan fingerprint density at radius 2 is 1.95 bits per heavy atom. The van der Waals surface area contributed by atoms with Gasteiger partial charge >= 0.3 is 6.09 Å². The van der Waals surface area contributed by atoms with E-state index in [1.165, 1.54) is 11.3 Å². The van der Waals surface area contributed by atoms with Crippen molar-refractivity contribution in [3.63, 3.8) is 0 Å². The van der Waals surface area contributed by atoms with Crippen molar-refractivity contribution in [3.8, 4) is 0 Å². The molecule has 0 unspecified atom stereocenters. The predicted molar refractivity (Wildman–Crippen MR) is 85.1 cm³/mol. The summed E-state index contributed by atoms with van der Waals surface area (Å²) in [6, 6.07) is 0. The molecule has 1 aromatic heterocycles. The number of carbonyl (C=O) groups excluding carboxylic acids is 1. The van der Waals surface area contributed by atoms with Gasteiger partial charge < -0.3 is 9.64 Å². The van der Waals surface area contributed by atoms with Crippen molar-refractivity contribution in [3.05, 3.63) is 8.96 Å². The van der Waals surface area contributed by atoms with Crippen LogP contribution in [0.5, 0.6) is 0 Å². The van der Waals surface area contributed by atoms with Crippen LogP contribution < -0.4 is 0 Å². The van der Waals surface area contributed by atoms with Gasteiger partial charge in [-0.2, -0.15) is 5.10 Å². The fourth-order valence-corrected chi connectivity index (χ4v) is 3.14. The van der Waals surface area contributed by atoms with E-state index >= 15 is 0 Å². The predicted octanol–water partition coefficient (Wildman–Crippen LogP) is 2.49. The molecular weight excluding hydrogens is 308 g/mol. The van der Waals surface area contributed by atoms with Crippen LogP contribution in [0.2, 0.25) is 0 Å². The van der Waals surface area contributed by atoms with E-state index in [9.17, 15) is 4.79 Å². The number of hydrogen-bond donors (Lipinski definition) is 0. The standard InChI is InChI=1S/C13H22N4O2S2/c1-10-14-17(12(20)21-10)9-15-5-7-16(8-6-15)11(18)19-13(2,3)4/h5-9H2,1-4H3. The van der Waals surface area contributed by atoms with E-state index in [2.05, 4.69) is 10.00 Å². The highest BCUT2D eigenvalue weighted by Gasteiger charge is 2.25. The van der Waals surface area contributed by atoms with Crippen LogP contribution in [0.4, 0.5) is 4.79 Å². The molecule has 0 radical (unpaired) electrons. The zero-order valence-corrected chi connectivity index (χ0v) is 14.6. The molecule has 8 heteroatoms. The number of hydrogen-bond acceptors (Lipinski definition) is 6. The zero-order valence-electron chi connectivity index (χ0n) is 13.0. The second-order valence-corrected chi connectivity index (χ2v) is 7.94. The van der Waals surface area contributed by atoms with Crippen molar-refractivity contribution >= 4 is 29.6 Å². The molecule has 0 atom stereocenters. The third kappa shape index (κ3) is 4.76. The van der Waals surface area contributed by atoms with Gasteiger partial charge in [0.25, 0.3) is 0 Å². The molecule has 1 saturated heterocycles. The SMILES string of the molecule is Cc1nn(CN2CCN(C(=O)OC(C)(C)C)CC2)c(=S)s1. The van der Waals surface area contributed by atoms with Crippen molar-refractivity contribution in [1.29, 1.82) is 0 Å². The normalized spacial score (nSPS) is 17.0. The molecule has 1 aromatic rings. The number of ether oxygens (including phenoxy) is 1. The lowest BCUT2D eigenvalue weighted by Gasteiger charge is -2.35. The molecule has 0 N–H and O–H groups in total. The summed E-state index contributed by atoms with van der Waals surface area (Å²) in [5.41, 5.74) is -0.445. The Balaban J connectivity index is 1.85. The highest BCUT2D eigenvalue weighted by Crippen LogP contribution is 2.13. The molecule has 6 nitrogen and oxygen atoms in total. The van der Waals surface area contributed by atoms with Crippen LogP contribution in [0.3, 0.4) is 0 Å². The molecule has 1 fully saturated rings. The molecule has 21 heavy (non-hydrogen) atoms. The van der Waals surface area contributed by atoms with Crippen molar-refractivity contribution < 1.29 is 9.53 Å². The average Bonchev–Trinajstić information content (AvgIpc) is 2.66. The number of rotatable bonds is 2. The largest absolute Gasteiger partial charge is 0.444 e. The van der Waals surface area contributed by atoms with Gasteiger partial charge in [-0.25, -0.2) is 9.48 Å². The third-order valence-corrected chi connectivity index (χ3v) is 4.29. The van der Waals surface area contributed by atoms with Gasteiger partial charge in [-0.3, -0.25) is 4.90 Å². The van der Waals surface area contributed by atoms with Gasteiger partial charge in [-0.1, -0.05) is 11.3 Å². The van der Waals surface area contributed by atoms with Crippen LogP contribution in [-0.4, -0.2) is 57.5 Å². The second kappa shape index (κ2) is 6.41. The number of aryl methyl sites for hydroxylation is 1. The minimum absolute atomic E-state index is 0.233. The molecular formula is C13H22N4O2S2. The van der Waals surface area contributed by atoms with Crippen LogP contribution in [0.1, 0.15) is 25.8 Å². The number of piperazine rings is 1. The van der Waals surface area contributed by atoms with E-state index in [1.807, 2.05) is 32.4 Å². The van der Waals surface area contributed by atoms with Gasteiger partial charge in [0.05, 0.1) is 6.67 Å². The van der Waals surface area contributed by atoms with Crippen molar-refractivity contribution in [2.45, 2.75) is 40.0 Å². The number of carbonyl (C=O) groups is 1. The Morgan fingerprint density at radius 3 is 2.43 bits per heavy atom. The molecule has 0 aromatic carbocycles. The highest BCUT2D eigenvalue weighted by molar-refractivity contribution is 7.73. The van der Waals surface area contributed by atoms with Crippen molar-refractivity contribution in [2.75, 3.05) is 26.2 Å². The van der Waals surface area contributed by atoms with Gasteiger partial charge in [-0.15, -0.1) is 0 Å². The molecule has 2 heterocycles. The lowest BCUT2D eigenvalue weighted by molar-refractivity contribution is 0.0114. The van der Waals surface area contributed by atoms with Crippen LogP contribution in [-0.2, 0) is 11.4 Å². The fourth-order valence-electron chi connectivity index (χ4n) is 2.09. The molecule has 118 valence electrons. The summed E-state index contributed by atoms with van der Waals surface area (Å²) in [5.74, 6) is 0. The monoisotopic (exact) mass is 330 g/mol. The van der Waals surface area contributed by atoms with Crippen molar-refractivity contribution in [1.82, 2.24) is 19.6 Å². The van der Waals surface area contributed by atoms with E-state index in [0.717, 1.165) is 22.1 Å². The first kappa shape index (κ1) is 16.4. The summed E-state index contributed by atoms with van der Waals surface area (Å²) < 4.78 is 8.03. The van der Waals surface area contributed by atoms with Crippen LogP contribution in [0.25, 0.3) is 0 Å². The van der Waals surface area contributed by atoms with E-state index in [4.69, 9.17) is 17.0 Å². The van der Waals surface area contributed by atoms with Gasteiger partial charge in [0.15, 0.2) is 3.95 Å². The Labute approximate surface area is 134 Å². The maximum atomic E-state index is 12.0. The van der Waals surface area contributed by atoms with Crippen LogP contribution in [0.15, 0.2) is 0 Å². The average molecular weight is 330 g/mol. The van der Waals surface area contributed by atoms with Crippen LogP contribution in [0, 0.1) is 10.9 Å². The number of amides is 1. The molecule has 0 bridgehead atoms. The first-order valence-electron chi connectivity index (χ1n) is 6.99. The quantitative estimate of drug-likeness (QED) is 0.780. The summed E-state index contributed by atoms with van der Waals surface area (Å²) >= 11 is 6.80. The smallest absolute Gasteiger partial charge is 0.410 e. The second-order valence-electron chi connectivity index (χ2n) is 6.11. The summed E-state index contributed by atoms with van der Waals surface area (Å²) in [6.07, 6.45) is -0.233. The minimum Gasteiger partial charge on any atom is -0.444 e. The number of nitrogens with zero attached hydrogens (tertiary/aromatic N) is 4.